The fraction of sp³-hybridized carbons (Fsp3) is 0.111. The fourth-order valence-corrected chi connectivity index (χ4v) is 4.52. The highest BCUT2D eigenvalue weighted by Crippen LogP contribution is 2.34. The van der Waals surface area contributed by atoms with Crippen molar-refractivity contribution in [2.45, 2.75) is 9.79 Å². The Morgan fingerprint density at radius 3 is 2.30 bits per heavy atom. The average molecular weight is 346 g/mol. The van der Waals surface area contributed by atoms with Crippen molar-refractivity contribution < 1.29 is 8.42 Å². The summed E-state index contributed by atoms with van der Waals surface area (Å²) >= 11 is 6.19. The third kappa shape index (κ3) is 2.80. The second-order valence-electron chi connectivity index (χ2n) is 5.49. The van der Waals surface area contributed by atoms with Gasteiger partial charge in [0.05, 0.1) is 14.8 Å². The molecule has 0 heterocycles. The standard InChI is InChI=1S/C18H16ClNO2S/c1-20(2)14-10-11-16(19)18(12-14)23(21,22)17-9-5-7-13-6-3-4-8-15(13)17/h3-12H,1-2H3. The minimum atomic E-state index is -3.71. The van der Waals surface area contributed by atoms with Gasteiger partial charge in [-0.15, -0.1) is 0 Å². The SMILES string of the molecule is CN(C)c1ccc(Cl)c(S(=O)(=O)c2cccc3ccccc23)c1. The number of sulfone groups is 1. The molecule has 3 nitrogen and oxygen atoms in total. The van der Waals surface area contributed by atoms with E-state index in [1.165, 1.54) is 0 Å². The summed E-state index contributed by atoms with van der Waals surface area (Å²) in [6.07, 6.45) is 0. The van der Waals surface area contributed by atoms with E-state index in [-0.39, 0.29) is 14.8 Å². The predicted molar refractivity (Wildman–Crippen MR) is 95.2 cm³/mol. The maximum absolute atomic E-state index is 13.1. The lowest BCUT2D eigenvalue weighted by molar-refractivity contribution is 0.597. The van der Waals surface area contributed by atoms with Gasteiger partial charge in [0, 0.05) is 25.2 Å². The van der Waals surface area contributed by atoms with Gasteiger partial charge in [0.15, 0.2) is 0 Å². The van der Waals surface area contributed by atoms with Crippen LogP contribution in [0.25, 0.3) is 10.8 Å². The van der Waals surface area contributed by atoms with Crippen LogP contribution in [0.4, 0.5) is 5.69 Å². The molecule has 3 rings (SSSR count). The largest absolute Gasteiger partial charge is 0.378 e. The number of hydrogen-bond donors (Lipinski definition) is 0. The Labute approximate surface area is 141 Å². The van der Waals surface area contributed by atoms with Gasteiger partial charge in [-0.1, -0.05) is 48.0 Å². The van der Waals surface area contributed by atoms with Gasteiger partial charge in [0.2, 0.25) is 9.84 Å². The zero-order chi connectivity index (χ0) is 16.6. The number of benzene rings is 3. The molecule has 5 heteroatoms. The van der Waals surface area contributed by atoms with E-state index in [1.54, 1.807) is 30.3 Å². The third-order valence-corrected chi connectivity index (χ3v) is 6.05. The van der Waals surface area contributed by atoms with Crippen LogP contribution in [0, 0.1) is 0 Å². The van der Waals surface area contributed by atoms with E-state index >= 15 is 0 Å². The molecule has 0 aliphatic carbocycles. The first kappa shape index (κ1) is 15.8. The van der Waals surface area contributed by atoms with Crippen molar-refractivity contribution in [3.63, 3.8) is 0 Å². The van der Waals surface area contributed by atoms with Gasteiger partial charge in [-0.05, 0) is 29.7 Å². The molecule has 0 saturated heterocycles. The zero-order valence-electron chi connectivity index (χ0n) is 12.8. The Bertz CT molecular complexity index is 976. The van der Waals surface area contributed by atoms with Gasteiger partial charge in [0.25, 0.3) is 0 Å². The van der Waals surface area contributed by atoms with Crippen molar-refractivity contribution in [3.05, 3.63) is 65.7 Å². The maximum atomic E-state index is 13.1. The number of fused-ring (bicyclic) bond motifs is 1. The number of halogens is 1. The molecular weight excluding hydrogens is 330 g/mol. The van der Waals surface area contributed by atoms with Gasteiger partial charge in [-0.25, -0.2) is 8.42 Å². The van der Waals surface area contributed by atoms with E-state index in [0.717, 1.165) is 11.1 Å². The molecule has 0 bridgehead atoms. The molecule has 0 radical (unpaired) electrons. The second-order valence-corrected chi connectivity index (χ2v) is 7.78. The summed E-state index contributed by atoms with van der Waals surface area (Å²) in [5.41, 5.74) is 0.785. The van der Waals surface area contributed by atoms with Crippen molar-refractivity contribution in [1.29, 1.82) is 0 Å². The molecule has 0 aliphatic rings. The highest BCUT2D eigenvalue weighted by atomic mass is 35.5. The molecule has 0 aliphatic heterocycles. The molecule has 0 saturated carbocycles. The van der Waals surface area contributed by atoms with Crippen molar-refractivity contribution in [1.82, 2.24) is 0 Å². The Morgan fingerprint density at radius 1 is 0.870 bits per heavy atom. The topological polar surface area (TPSA) is 37.4 Å². The predicted octanol–water partition coefficient (Wildman–Crippen LogP) is 4.39. The summed E-state index contributed by atoms with van der Waals surface area (Å²) in [4.78, 5) is 2.24. The van der Waals surface area contributed by atoms with Crippen LogP contribution in [-0.4, -0.2) is 22.5 Å². The van der Waals surface area contributed by atoms with Crippen molar-refractivity contribution >= 4 is 37.9 Å². The fourth-order valence-electron chi connectivity index (χ4n) is 2.52. The monoisotopic (exact) mass is 345 g/mol. The summed E-state index contributed by atoms with van der Waals surface area (Å²) in [6, 6.07) is 17.7. The summed E-state index contributed by atoms with van der Waals surface area (Å²) in [5.74, 6) is 0. The Morgan fingerprint density at radius 2 is 1.57 bits per heavy atom. The minimum absolute atomic E-state index is 0.127. The highest BCUT2D eigenvalue weighted by molar-refractivity contribution is 7.91. The first-order valence-electron chi connectivity index (χ1n) is 7.11. The lowest BCUT2D eigenvalue weighted by Crippen LogP contribution is -2.10. The van der Waals surface area contributed by atoms with Crippen LogP contribution in [0.15, 0.2) is 70.5 Å². The number of nitrogens with zero attached hydrogens (tertiary/aromatic N) is 1. The molecule has 0 atom stereocenters. The molecule has 0 unspecified atom stereocenters. The summed E-state index contributed by atoms with van der Waals surface area (Å²) < 4.78 is 26.3. The number of rotatable bonds is 3. The maximum Gasteiger partial charge on any atom is 0.208 e. The molecule has 0 aromatic heterocycles. The van der Waals surface area contributed by atoms with E-state index in [0.29, 0.717) is 5.39 Å². The van der Waals surface area contributed by atoms with E-state index in [4.69, 9.17) is 11.6 Å². The third-order valence-electron chi connectivity index (χ3n) is 3.76. The quantitative estimate of drug-likeness (QED) is 0.706. The summed E-state index contributed by atoms with van der Waals surface area (Å²) in [7, 11) is 0.00649. The van der Waals surface area contributed by atoms with Gasteiger partial charge in [0.1, 0.15) is 0 Å². The van der Waals surface area contributed by atoms with Gasteiger partial charge >= 0.3 is 0 Å². The first-order chi connectivity index (χ1) is 10.9. The second kappa shape index (κ2) is 5.87. The Hall–Kier alpha value is -2.04. The van der Waals surface area contributed by atoms with E-state index in [1.807, 2.05) is 49.3 Å². The molecule has 3 aromatic rings. The lowest BCUT2D eigenvalue weighted by Gasteiger charge is -2.15. The molecule has 0 N–H and O–H groups in total. The molecule has 0 spiro atoms. The Balaban J connectivity index is 2.28. The van der Waals surface area contributed by atoms with E-state index < -0.39 is 9.84 Å². The zero-order valence-corrected chi connectivity index (χ0v) is 14.4. The van der Waals surface area contributed by atoms with Crippen LogP contribution < -0.4 is 4.90 Å². The first-order valence-corrected chi connectivity index (χ1v) is 8.97. The number of hydrogen-bond acceptors (Lipinski definition) is 3. The van der Waals surface area contributed by atoms with Crippen LogP contribution >= 0.6 is 11.6 Å². The van der Waals surface area contributed by atoms with Crippen LogP contribution in [0.5, 0.6) is 0 Å². The molecular formula is C18H16ClNO2S. The van der Waals surface area contributed by atoms with E-state index in [9.17, 15) is 8.42 Å². The normalized spacial score (nSPS) is 11.6. The van der Waals surface area contributed by atoms with Crippen LogP contribution in [-0.2, 0) is 9.84 Å². The molecule has 0 fully saturated rings. The van der Waals surface area contributed by atoms with Crippen molar-refractivity contribution in [2.24, 2.45) is 0 Å². The van der Waals surface area contributed by atoms with Gasteiger partial charge < -0.3 is 4.90 Å². The minimum Gasteiger partial charge on any atom is -0.378 e. The average Bonchev–Trinajstić information content (AvgIpc) is 2.54. The van der Waals surface area contributed by atoms with Crippen LogP contribution in [0.2, 0.25) is 5.02 Å². The van der Waals surface area contributed by atoms with Crippen LogP contribution in [0.1, 0.15) is 0 Å². The smallest absolute Gasteiger partial charge is 0.208 e. The number of anilines is 1. The lowest BCUT2D eigenvalue weighted by atomic mass is 10.1. The van der Waals surface area contributed by atoms with Gasteiger partial charge in [-0.2, -0.15) is 0 Å². The highest BCUT2D eigenvalue weighted by Gasteiger charge is 2.23. The molecule has 3 aromatic carbocycles. The Kier molecular flexibility index (Phi) is 4.04. The molecule has 118 valence electrons. The van der Waals surface area contributed by atoms with Gasteiger partial charge in [-0.3, -0.25) is 0 Å². The molecule has 0 amide bonds. The summed E-state index contributed by atoms with van der Waals surface area (Å²) in [6.45, 7) is 0. The van der Waals surface area contributed by atoms with Crippen molar-refractivity contribution in [2.75, 3.05) is 19.0 Å². The van der Waals surface area contributed by atoms with Crippen molar-refractivity contribution in [3.8, 4) is 0 Å². The van der Waals surface area contributed by atoms with E-state index in [2.05, 4.69) is 0 Å². The summed E-state index contributed by atoms with van der Waals surface area (Å²) in [5, 5.41) is 1.80. The van der Waals surface area contributed by atoms with Crippen LogP contribution in [0.3, 0.4) is 0 Å². The molecule has 23 heavy (non-hydrogen) atoms.